The van der Waals surface area contributed by atoms with Crippen molar-refractivity contribution < 1.29 is 9.53 Å². The summed E-state index contributed by atoms with van der Waals surface area (Å²) in [6, 6.07) is 7.88. The lowest BCUT2D eigenvalue weighted by Crippen LogP contribution is -2.53. The van der Waals surface area contributed by atoms with E-state index in [1.807, 2.05) is 38.1 Å². The average Bonchev–Trinajstić information content (AvgIpc) is 2.44. The third-order valence-corrected chi connectivity index (χ3v) is 4.32. The van der Waals surface area contributed by atoms with E-state index in [0.717, 1.165) is 37.0 Å². The molecule has 0 aromatic heterocycles. The Labute approximate surface area is 127 Å². The Morgan fingerprint density at radius 3 is 2.90 bits per heavy atom. The van der Waals surface area contributed by atoms with Crippen LogP contribution in [0.1, 0.15) is 38.2 Å². The number of rotatable bonds is 5. The molecule has 4 heteroatoms. The molecular weight excluding hydrogens is 264 g/mol. The van der Waals surface area contributed by atoms with Crippen molar-refractivity contribution in [3.8, 4) is 5.75 Å². The summed E-state index contributed by atoms with van der Waals surface area (Å²) in [6.45, 7) is 4.99. The highest BCUT2D eigenvalue weighted by Crippen LogP contribution is 2.31. The molecule has 0 spiro atoms. The van der Waals surface area contributed by atoms with Crippen LogP contribution in [0.15, 0.2) is 24.3 Å². The van der Waals surface area contributed by atoms with Crippen LogP contribution in [-0.2, 0) is 4.79 Å². The predicted molar refractivity (Wildman–Crippen MR) is 84.2 cm³/mol. The van der Waals surface area contributed by atoms with Crippen molar-refractivity contribution in [2.24, 2.45) is 11.7 Å². The lowest BCUT2D eigenvalue weighted by atomic mass is 9.74. The third kappa shape index (κ3) is 4.21. The molecular formula is C17H26N2O2. The molecule has 0 bridgehead atoms. The number of hydrogen-bond acceptors (Lipinski definition) is 3. The molecule has 2 rings (SSSR count). The molecule has 1 aliphatic carbocycles. The zero-order valence-corrected chi connectivity index (χ0v) is 13.0. The van der Waals surface area contributed by atoms with Crippen molar-refractivity contribution in [3.05, 3.63) is 29.8 Å². The van der Waals surface area contributed by atoms with Crippen molar-refractivity contribution in [2.75, 3.05) is 13.2 Å². The van der Waals surface area contributed by atoms with Gasteiger partial charge in [-0.1, -0.05) is 31.0 Å². The summed E-state index contributed by atoms with van der Waals surface area (Å²) in [7, 11) is 0. The zero-order valence-electron chi connectivity index (χ0n) is 13.0. The minimum absolute atomic E-state index is 0.0630. The molecule has 0 aliphatic heterocycles. The first-order valence-electron chi connectivity index (χ1n) is 7.76. The van der Waals surface area contributed by atoms with E-state index < -0.39 is 0 Å². The van der Waals surface area contributed by atoms with Gasteiger partial charge >= 0.3 is 0 Å². The standard InChI is InChI=1S/C17H26N2O2/c1-13-7-3-4-9-15(13)21-12-11-19-16(20)14-8-5-6-10-17(14,2)18/h3-4,7,9,14H,5-6,8,10-12,18H2,1-2H3,(H,19,20). The number of para-hydroxylation sites is 1. The first kappa shape index (κ1) is 15.8. The van der Waals surface area contributed by atoms with Gasteiger partial charge in [-0.3, -0.25) is 4.79 Å². The third-order valence-electron chi connectivity index (χ3n) is 4.32. The van der Waals surface area contributed by atoms with Gasteiger partial charge in [-0.2, -0.15) is 0 Å². The van der Waals surface area contributed by atoms with E-state index in [1.54, 1.807) is 0 Å². The van der Waals surface area contributed by atoms with E-state index in [1.165, 1.54) is 0 Å². The second kappa shape index (κ2) is 6.94. The maximum atomic E-state index is 12.2. The van der Waals surface area contributed by atoms with Gasteiger partial charge < -0.3 is 15.8 Å². The van der Waals surface area contributed by atoms with Crippen LogP contribution in [0.2, 0.25) is 0 Å². The summed E-state index contributed by atoms with van der Waals surface area (Å²) < 4.78 is 5.68. The Balaban J connectivity index is 1.76. The molecule has 2 atom stereocenters. The number of hydrogen-bond donors (Lipinski definition) is 2. The van der Waals surface area contributed by atoms with E-state index >= 15 is 0 Å². The summed E-state index contributed by atoms with van der Waals surface area (Å²) >= 11 is 0. The largest absolute Gasteiger partial charge is 0.491 e. The van der Waals surface area contributed by atoms with Crippen LogP contribution in [-0.4, -0.2) is 24.6 Å². The number of nitrogens with two attached hydrogens (primary N) is 1. The van der Waals surface area contributed by atoms with Gasteiger partial charge in [0, 0.05) is 5.54 Å². The van der Waals surface area contributed by atoms with Gasteiger partial charge in [-0.15, -0.1) is 0 Å². The molecule has 1 saturated carbocycles. The van der Waals surface area contributed by atoms with Crippen molar-refractivity contribution >= 4 is 5.91 Å². The minimum Gasteiger partial charge on any atom is -0.491 e. The molecule has 3 N–H and O–H groups in total. The molecule has 0 radical (unpaired) electrons. The van der Waals surface area contributed by atoms with Crippen LogP contribution in [0.5, 0.6) is 5.75 Å². The smallest absolute Gasteiger partial charge is 0.225 e. The lowest BCUT2D eigenvalue weighted by molar-refractivity contribution is -0.128. The molecule has 1 aromatic rings. The summed E-state index contributed by atoms with van der Waals surface area (Å²) in [5.41, 5.74) is 6.97. The number of benzene rings is 1. The van der Waals surface area contributed by atoms with Gasteiger partial charge in [0.2, 0.25) is 5.91 Å². The quantitative estimate of drug-likeness (QED) is 0.818. The number of carbonyl (C=O) groups excluding carboxylic acids is 1. The number of aryl methyl sites for hydroxylation is 1. The second-order valence-electron chi connectivity index (χ2n) is 6.21. The highest BCUT2D eigenvalue weighted by molar-refractivity contribution is 5.80. The number of carbonyl (C=O) groups is 1. The topological polar surface area (TPSA) is 64.3 Å². The van der Waals surface area contributed by atoms with Gasteiger partial charge in [0.05, 0.1) is 12.5 Å². The number of amides is 1. The number of nitrogens with one attached hydrogen (secondary N) is 1. The highest BCUT2D eigenvalue weighted by atomic mass is 16.5. The van der Waals surface area contributed by atoms with Crippen molar-refractivity contribution in [2.45, 2.75) is 45.1 Å². The van der Waals surface area contributed by atoms with Gasteiger partial charge in [0.15, 0.2) is 0 Å². The fraction of sp³-hybridized carbons (Fsp3) is 0.588. The fourth-order valence-corrected chi connectivity index (χ4v) is 2.97. The SMILES string of the molecule is Cc1ccccc1OCCNC(=O)C1CCCCC1(C)N. The molecule has 1 aromatic carbocycles. The Hall–Kier alpha value is -1.55. The average molecular weight is 290 g/mol. The fourth-order valence-electron chi connectivity index (χ4n) is 2.97. The second-order valence-corrected chi connectivity index (χ2v) is 6.21. The summed E-state index contributed by atoms with van der Waals surface area (Å²) in [5.74, 6) is 0.853. The molecule has 2 unspecified atom stereocenters. The van der Waals surface area contributed by atoms with Crippen molar-refractivity contribution in [1.29, 1.82) is 0 Å². The monoisotopic (exact) mass is 290 g/mol. The van der Waals surface area contributed by atoms with E-state index in [-0.39, 0.29) is 17.4 Å². The van der Waals surface area contributed by atoms with Gasteiger partial charge in [0.1, 0.15) is 12.4 Å². The van der Waals surface area contributed by atoms with E-state index in [0.29, 0.717) is 13.2 Å². The Bertz CT molecular complexity index is 485. The van der Waals surface area contributed by atoms with Crippen molar-refractivity contribution in [3.63, 3.8) is 0 Å². The molecule has 21 heavy (non-hydrogen) atoms. The molecule has 0 heterocycles. The van der Waals surface area contributed by atoms with Gasteiger partial charge in [0.25, 0.3) is 0 Å². The predicted octanol–water partition coefficient (Wildman–Crippen LogP) is 2.40. The first-order chi connectivity index (χ1) is 10.0. The summed E-state index contributed by atoms with van der Waals surface area (Å²) in [4.78, 5) is 12.2. The van der Waals surface area contributed by atoms with Gasteiger partial charge in [-0.05, 0) is 38.3 Å². The highest BCUT2D eigenvalue weighted by Gasteiger charge is 2.37. The van der Waals surface area contributed by atoms with Crippen LogP contribution in [0.3, 0.4) is 0 Å². The molecule has 116 valence electrons. The normalized spacial score (nSPS) is 25.4. The van der Waals surface area contributed by atoms with E-state index in [2.05, 4.69) is 5.32 Å². The first-order valence-corrected chi connectivity index (χ1v) is 7.76. The lowest BCUT2D eigenvalue weighted by Gasteiger charge is -2.37. The maximum absolute atomic E-state index is 12.2. The van der Waals surface area contributed by atoms with E-state index in [9.17, 15) is 4.79 Å². The number of ether oxygens (including phenoxy) is 1. The van der Waals surface area contributed by atoms with Crippen LogP contribution >= 0.6 is 0 Å². The van der Waals surface area contributed by atoms with Crippen LogP contribution in [0.4, 0.5) is 0 Å². The molecule has 0 saturated heterocycles. The minimum atomic E-state index is -0.376. The summed E-state index contributed by atoms with van der Waals surface area (Å²) in [5, 5.41) is 2.95. The maximum Gasteiger partial charge on any atom is 0.225 e. The molecule has 1 fully saturated rings. The Morgan fingerprint density at radius 1 is 1.43 bits per heavy atom. The van der Waals surface area contributed by atoms with Crippen LogP contribution in [0, 0.1) is 12.8 Å². The Kier molecular flexibility index (Phi) is 5.23. The Morgan fingerprint density at radius 2 is 2.19 bits per heavy atom. The van der Waals surface area contributed by atoms with E-state index in [4.69, 9.17) is 10.5 Å². The van der Waals surface area contributed by atoms with Crippen LogP contribution < -0.4 is 15.8 Å². The van der Waals surface area contributed by atoms with Crippen molar-refractivity contribution in [1.82, 2.24) is 5.32 Å². The van der Waals surface area contributed by atoms with Gasteiger partial charge in [-0.25, -0.2) is 0 Å². The molecule has 4 nitrogen and oxygen atoms in total. The molecule has 1 amide bonds. The molecule has 1 aliphatic rings. The zero-order chi connectivity index (χ0) is 15.3. The van der Waals surface area contributed by atoms with Crippen LogP contribution in [0.25, 0.3) is 0 Å². The summed E-state index contributed by atoms with van der Waals surface area (Å²) in [6.07, 6.45) is 4.01.